The van der Waals surface area contributed by atoms with E-state index in [1.165, 1.54) is 24.3 Å². The Kier molecular flexibility index (Phi) is 5.92. The summed E-state index contributed by atoms with van der Waals surface area (Å²) in [7, 11) is 0. The first-order valence-electron chi connectivity index (χ1n) is 3.68. The summed E-state index contributed by atoms with van der Waals surface area (Å²) < 4.78 is 4.78. The maximum absolute atomic E-state index is 10.2. The van der Waals surface area contributed by atoms with Crippen LogP contribution in [0.1, 0.15) is 0 Å². The molecule has 75 valence electrons. The van der Waals surface area contributed by atoms with Gasteiger partial charge in [0.05, 0.1) is 4.92 Å². The molecule has 0 heterocycles. The summed E-state index contributed by atoms with van der Waals surface area (Å²) in [4.78, 5) is 19.8. The Labute approximate surface area is 107 Å². The van der Waals surface area contributed by atoms with Crippen LogP contribution in [-0.4, -0.2) is 52.2 Å². The van der Waals surface area contributed by atoms with Gasteiger partial charge in [0, 0.05) is 41.7 Å². The average molecular weight is 220 g/mol. The maximum Gasteiger partial charge on any atom is 0.341 e. The zero-order chi connectivity index (χ0) is 10.6. The van der Waals surface area contributed by atoms with E-state index in [9.17, 15) is 14.9 Å². The SMILES string of the molecule is O=C(O)COc1ccc([N+](=O)[O-])cc1.[Na]. The van der Waals surface area contributed by atoms with Crippen LogP contribution in [0.4, 0.5) is 5.69 Å². The van der Waals surface area contributed by atoms with E-state index in [2.05, 4.69) is 0 Å². The average Bonchev–Trinajstić information content (AvgIpc) is 2.15. The number of carboxylic acid groups (broad SMARTS) is 1. The number of rotatable bonds is 4. The summed E-state index contributed by atoms with van der Waals surface area (Å²) in [6.07, 6.45) is 0. The summed E-state index contributed by atoms with van der Waals surface area (Å²) in [5.41, 5.74) is -0.0623. The van der Waals surface area contributed by atoms with Crippen molar-refractivity contribution in [3.05, 3.63) is 34.4 Å². The predicted octanol–water partition coefficient (Wildman–Crippen LogP) is 0.677. The number of aliphatic carboxylic acids is 1. The minimum atomic E-state index is -1.09. The third-order valence-electron chi connectivity index (χ3n) is 1.41. The summed E-state index contributed by atoms with van der Waals surface area (Å²) in [6.45, 7) is -0.461. The van der Waals surface area contributed by atoms with Crippen LogP contribution in [0, 0.1) is 10.1 Å². The van der Waals surface area contributed by atoms with E-state index in [-0.39, 0.29) is 41.0 Å². The van der Waals surface area contributed by atoms with Gasteiger partial charge < -0.3 is 9.84 Å². The zero-order valence-electron chi connectivity index (χ0n) is 8.04. The van der Waals surface area contributed by atoms with E-state index in [1.54, 1.807) is 0 Å². The van der Waals surface area contributed by atoms with Gasteiger partial charge in [0.25, 0.3) is 5.69 Å². The van der Waals surface area contributed by atoms with Crippen LogP contribution < -0.4 is 4.74 Å². The number of carboxylic acids is 1. The normalized spacial score (nSPS) is 8.80. The first-order valence-corrected chi connectivity index (χ1v) is 3.68. The standard InChI is InChI=1S/C8H7NO5.Na/c10-8(11)5-14-7-3-1-6(2-4-7)9(12)13;/h1-4H,5H2,(H,10,11);. The van der Waals surface area contributed by atoms with Gasteiger partial charge in [-0.3, -0.25) is 10.1 Å². The van der Waals surface area contributed by atoms with Gasteiger partial charge >= 0.3 is 5.97 Å². The molecule has 1 N–H and O–H groups in total. The predicted molar refractivity (Wildman–Crippen MR) is 52.0 cm³/mol. The number of nitro groups is 1. The molecule has 0 aliphatic rings. The molecule has 0 aliphatic carbocycles. The molecule has 0 saturated heterocycles. The van der Waals surface area contributed by atoms with Crippen molar-refractivity contribution >= 4 is 41.2 Å². The van der Waals surface area contributed by atoms with Crippen LogP contribution in [0.15, 0.2) is 24.3 Å². The fourth-order valence-electron chi connectivity index (χ4n) is 0.809. The molecule has 15 heavy (non-hydrogen) atoms. The van der Waals surface area contributed by atoms with E-state index in [0.29, 0.717) is 0 Å². The molecule has 0 bridgehead atoms. The number of hydrogen-bond acceptors (Lipinski definition) is 4. The zero-order valence-corrected chi connectivity index (χ0v) is 10.0. The Morgan fingerprint density at radius 1 is 1.40 bits per heavy atom. The molecule has 0 aliphatic heterocycles. The number of nitro benzene ring substituents is 1. The minimum absolute atomic E-state index is 0. The maximum atomic E-state index is 10.2. The minimum Gasteiger partial charge on any atom is -0.482 e. The fourth-order valence-corrected chi connectivity index (χ4v) is 0.809. The van der Waals surface area contributed by atoms with Crippen molar-refractivity contribution < 1.29 is 19.6 Å². The number of nitrogens with zero attached hydrogens (tertiary/aromatic N) is 1. The van der Waals surface area contributed by atoms with Crippen LogP contribution in [-0.2, 0) is 4.79 Å². The molecule has 7 heteroatoms. The molecule has 0 atom stereocenters. The molecule has 0 fully saturated rings. The number of non-ortho nitro benzene ring substituents is 1. The molecule has 1 aromatic carbocycles. The summed E-state index contributed by atoms with van der Waals surface area (Å²) in [5.74, 6) is -0.804. The van der Waals surface area contributed by atoms with Crippen molar-refractivity contribution in [2.45, 2.75) is 0 Å². The Morgan fingerprint density at radius 2 is 1.93 bits per heavy atom. The summed E-state index contributed by atoms with van der Waals surface area (Å²) in [5, 5.41) is 18.5. The topological polar surface area (TPSA) is 89.7 Å². The van der Waals surface area contributed by atoms with E-state index in [0.717, 1.165) is 0 Å². The van der Waals surface area contributed by atoms with Crippen LogP contribution in [0.25, 0.3) is 0 Å². The Bertz CT molecular complexity index is 351. The van der Waals surface area contributed by atoms with Gasteiger partial charge in [0.1, 0.15) is 5.75 Å². The van der Waals surface area contributed by atoms with Gasteiger partial charge in [0.15, 0.2) is 6.61 Å². The third kappa shape index (κ3) is 4.78. The Balaban J connectivity index is 0.00000196. The van der Waals surface area contributed by atoms with Gasteiger partial charge in [-0.1, -0.05) is 0 Å². The van der Waals surface area contributed by atoms with Gasteiger partial charge in [-0.05, 0) is 12.1 Å². The number of carbonyl (C=O) groups is 1. The van der Waals surface area contributed by atoms with E-state index in [4.69, 9.17) is 9.84 Å². The second-order valence-electron chi connectivity index (χ2n) is 2.43. The number of ether oxygens (including phenoxy) is 1. The Hall–Kier alpha value is -1.11. The molecule has 1 aromatic rings. The van der Waals surface area contributed by atoms with Gasteiger partial charge in [-0.2, -0.15) is 0 Å². The van der Waals surface area contributed by atoms with Crippen LogP contribution in [0.5, 0.6) is 5.75 Å². The smallest absolute Gasteiger partial charge is 0.341 e. The molecule has 0 aromatic heterocycles. The molecule has 0 unspecified atom stereocenters. The number of hydrogen-bond donors (Lipinski definition) is 1. The molecular formula is C8H7NNaO5. The molecule has 1 radical (unpaired) electrons. The quantitative estimate of drug-likeness (QED) is 0.457. The first kappa shape index (κ1) is 13.9. The summed E-state index contributed by atoms with van der Waals surface area (Å²) >= 11 is 0. The van der Waals surface area contributed by atoms with Gasteiger partial charge in [-0.25, -0.2) is 4.79 Å². The van der Waals surface area contributed by atoms with E-state index >= 15 is 0 Å². The summed E-state index contributed by atoms with van der Waals surface area (Å²) in [6, 6.07) is 5.19. The second-order valence-corrected chi connectivity index (χ2v) is 2.43. The molecule has 0 spiro atoms. The second kappa shape index (κ2) is 6.39. The molecule has 0 amide bonds. The van der Waals surface area contributed by atoms with Gasteiger partial charge in [0.2, 0.25) is 0 Å². The van der Waals surface area contributed by atoms with Crippen LogP contribution >= 0.6 is 0 Å². The van der Waals surface area contributed by atoms with Crippen LogP contribution in [0.3, 0.4) is 0 Å². The fraction of sp³-hybridized carbons (Fsp3) is 0.125. The molecule has 0 saturated carbocycles. The largest absolute Gasteiger partial charge is 0.482 e. The molecular weight excluding hydrogens is 213 g/mol. The van der Waals surface area contributed by atoms with Crippen molar-refractivity contribution in [3.8, 4) is 5.75 Å². The monoisotopic (exact) mass is 220 g/mol. The number of benzene rings is 1. The third-order valence-corrected chi connectivity index (χ3v) is 1.41. The first-order chi connectivity index (χ1) is 6.59. The van der Waals surface area contributed by atoms with Gasteiger partial charge in [-0.15, -0.1) is 0 Å². The van der Waals surface area contributed by atoms with E-state index < -0.39 is 17.5 Å². The van der Waals surface area contributed by atoms with Crippen molar-refractivity contribution in [1.82, 2.24) is 0 Å². The van der Waals surface area contributed by atoms with Crippen LogP contribution in [0.2, 0.25) is 0 Å². The van der Waals surface area contributed by atoms with Crippen molar-refractivity contribution in [2.75, 3.05) is 6.61 Å². The molecule has 6 nitrogen and oxygen atoms in total. The Morgan fingerprint density at radius 3 is 2.33 bits per heavy atom. The van der Waals surface area contributed by atoms with Crippen molar-refractivity contribution in [1.29, 1.82) is 0 Å². The van der Waals surface area contributed by atoms with Crippen molar-refractivity contribution in [3.63, 3.8) is 0 Å². The van der Waals surface area contributed by atoms with Crippen molar-refractivity contribution in [2.24, 2.45) is 0 Å². The molecule has 1 rings (SSSR count). The van der Waals surface area contributed by atoms with E-state index in [1.807, 2.05) is 0 Å².